The van der Waals surface area contributed by atoms with Gasteiger partial charge < -0.3 is 9.84 Å². The Kier molecular flexibility index (Phi) is 2.60. The Morgan fingerprint density at radius 1 is 1.39 bits per heavy atom. The van der Waals surface area contributed by atoms with Gasteiger partial charge in [0.15, 0.2) is 0 Å². The molecule has 6 unspecified atom stereocenters. The first-order chi connectivity index (χ1) is 8.40. The van der Waals surface area contributed by atoms with E-state index >= 15 is 0 Å². The first-order valence-electron chi connectivity index (χ1n) is 7.01. The van der Waals surface area contributed by atoms with Crippen LogP contribution >= 0.6 is 0 Å². The summed E-state index contributed by atoms with van der Waals surface area (Å²) in [6, 6.07) is 0. The molecular weight excluding hydrogens is 228 g/mol. The van der Waals surface area contributed by atoms with Gasteiger partial charge in [-0.2, -0.15) is 0 Å². The van der Waals surface area contributed by atoms with Crippen molar-refractivity contribution in [2.45, 2.75) is 52.2 Å². The smallest absolute Gasteiger partial charge is 0.309 e. The second-order valence-electron chi connectivity index (χ2n) is 6.72. The van der Waals surface area contributed by atoms with Crippen LogP contribution in [0.15, 0.2) is 11.6 Å². The van der Waals surface area contributed by atoms with Crippen LogP contribution in [0.4, 0.5) is 0 Å². The maximum Gasteiger partial charge on any atom is 0.309 e. The van der Waals surface area contributed by atoms with E-state index in [0.29, 0.717) is 5.92 Å². The van der Waals surface area contributed by atoms with E-state index in [-0.39, 0.29) is 35.4 Å². The number of carbonyl (C=O) groups excluding carboxylic acids is 1. The van der Waals surface area contributed by atoms with Crippen molar-refractivity contribution in [2.24, 2.45) is 23.2 Å². The lowest BCUT2D eigenvalue weighted by Gasteiger charge is -2.47. The van der Waals surface area contributed by atoms with Crippen LogP contribution < -0.4 is 0 Å². The molecule has 1 aliphatic heterocycles. The zero-order valence-corrected chi connectivity index (χ0v) is 11.3. The predicted octanol–water partition coefficient (Wildman–Crippen LogP) is 2.29. The van der Waals surface area contributed by atoms with E-state index in [1.54, 1.807) is 0 Å². The normalized spacial score (nSPS) is 51.2. The van der Waals surface area contributed by atoms with Crippen molar-refractivity contribution in [3.05, 3.63) is 11.6 Å². The number of ether oxygens (including phenoxy) is 1. The number of aliphatic hydroxyl groups excluding tert-OH is 1. The number of fused-ring (bicyclic) bond motifs is 2. The van der Waals surface area contributed by atoms with Gasteiger partial charge in [0.25, 0.3) is 0 Å². The molecule has 6 atom stereocenters. The third-order valence-electron chi connectivity index (χ3n) is 5.21. The van der Waals surface area contributed by atoms with Crippen LogP contribution in [0.2, 0.25) is 0 Å². The molecule has 0 aromatic rings. The molecule has 0 aromatic carbocycles. The van der Waals surface area contributed by atoms with Crippen LogP contribution in [0.5, 0.6) is 0 Å². The minimum atomic E-state index is -0.215. The second-order valence-corrected chi connectivity index (χ2v) is 6.72. The Morgan fingerprint density at radius 2 is 2.11 bits per heavy atom. The van der Waals surface area contributed by atoms with E-state index in [4.69, 9.17) is 4.74 Å². The molecule has 18 heavy (non-hydrogen) atoms. The molecule has 1 heterocycles. The molecule has 3 aliphatic rings. The van der Waals surface area contributed by atoms with Crippen molar-refractivity contribution < 1.29 is 14.6 Å². The van der Waals surface area contributed by atoms with Gasteiger partial charge >= 0.3 is 5.97 Å². The third kappa shape index (κ3) is 1.63. The molecule has 100 valence electrons. The molecule has 1 saturated heterocycles. The lowest BCUT2D eigenvalue weighted by Crippen LogP contribution is -2.42. The SMILES string of the molecule is CC1CC(O)CC2(C)CC3OC(=O)C(C)C3C=C12. The number of rotatable bonds is 0. The number of allylic oxidation sites excluding steroid dienone is 1. The van der Waals surface area contributed by atoms with Crippen molar-refractivity contribution in [1.29, 1.82) is 0 Å². The van der Waals surface area contributed by atoms with Gasteiger partial charge in [-0.1, -0.05) is 32.4 Å². The molecule has 3 nitrogen and oxygen atoms in total. The molecular formula is C15H22O3. The molecule has 2 fully saturated rings. The van der Waals surface area contributed by atoms with E-state index in [9.17, 15) is 9.90 Å². The van der Waals surface area contributed by atoms with Gasteiger partial charge in [-0.05, 0) is 30.6 Å². The highest BCUT2D eigenvalue weighted by Gasteiger charge is 2.51. The van der Waals surface area contributed by atoms with Crippen LogP contribution in [0.25, 0.3) is 0 Å². The van der Waals surface area contributed by atoms with Crippen molar-refractivity contribution in [2.75, 3.05) is 0 Å². The number of hydrogen-bond donors (Lipinski definition) is 1. The van der Waals surface area contributed by atoms with Gasteiger partial charge in [0, 0.05) is 5.92 Å². The van der Waals surface area contributed by atoms with Gasteiger partial charge in [-0.15, -0.1) is 0 Å². The van der Waals surface area contributed by atoms with E-state index in [2.05, 4.69) is 19.9 Å². The molecule has 0 spiro atoms. The van der Waals surface area contributed by atoms with Crippen molar-refractivity contribution in [1.82, 2.24) is 0 Å². The van der Waals surface area contributed by atoms with Crippen LogP contribution in [-0.4, -0.2) is 23.3 Å². The van der Waals surface area contributed by atoms with Crippen LogP contribution in [0.3, 0.4) is 0 Å². The highest BCUT2D eigenvalue weighted by molar-refractivity contribution is 5.75. The summed E-state index contributed by atoms with van der Waals surface area (Å²) >= 11 is 0. The quantitative estimate of drug-likeness (QED) is 0.530. The minimum absolute atomic E-state index is 0.00824. The maximum atomic E-state index is 11.7. The number of aliphatic hydroxyl groups is 1. The fourth-order valence-corrected chi connectivity index (χ4v) is 4.31. The van der Waals surface area contributed by atoms with Gasteiger partial charge in [-0.25, -0.2) is 0 Å². The van der Waals surface area contributed by atoms with Gasteiger partial charge in [0.05, 0.1) is 12.0 Å². The van der Waals surface area contributed by atoms with E-state index in [0.717, 1.165) is 19.3 Å². The number of esters is 1. The largest absolute Gasteiger partial charge is 0.461 e. The van der Waals surface area contributed by atoms with Gasteiger partial charge in [0.1, 0.15) is 6.10 Å². The zero-order valence-electron chi connectivity index (χ0n) is 11.3. The molecule has 3 heteroatoms. The number of hydrogen-bond acceptors (Lipinski definition) is 3. The first-order valence-corrected chi connectivity index (χ1v) is 7.01. The number of carbonyl (C=O) groups is 1. The topological polar surface area (TPSA) is 46.5 Å². The monoisotopic (exact) mass is 250 g/mol. The summed E-state index contributed by atoms with van der Waals surface area (Å²) in [7, 11) is 0. The molecule has 0 bridgehead atoms. The third-order valence-corrected chi connectivity index (χ3v) is 5.21. The van der Waals surface area contributed by atoms with Crippen molar-refractivity contribution in [3.63, 3.8) is 0 Å². The summed E-state index contributed by atoms with van der Waals surface area (Å²) in [5, 5.41) is 9.99. The first kappa shape index (κ1) is 12.2. The average molecular weight is 250 g/mol. The Labute approximate surface area is 108 Å². The summed E-state index contributed by atoms with van der Waals surface area (Å²) in [6.07, 6.45) is 4.63. The standard InChI is InChI=1S/C15H22O3/c1-8-4-10(16)6-15(3)7-13-11(5-12(8)15)9(2)14(17)18-13/h5,8-11,13,16H,4,6-7H2,1-3H3. The Bertz CT molecular complexity index is 414. The molecule has 3 rings (SSSR count). The Balaban J connectivity index is 1.97. The van der Waals surface area contributed by atoms with Gasteiger partial charge in [0.2, 0.25) is 0 Å². The van der Waals surface area contributed by atoms with Crippen LogP contribution in [0.1, 0.15) is 40.0 Å². The average Bonchev–Trinajstić information content (AvgIpc) is 2.50. The summed E-state index contributed by atoms with van der Waals surface area (Å²) < 4.78 is 5.50. The predicted molar refractivity (Wildman–Crippen MR) is 67.7 cm³/mol. The van der Waals surface area contributed by atoms with E-state index in [1.165, 1.54) is 5.57 Å². The summed E-state index contributed by atoms with van der Waals surface area (Å²) in [5.41, 5.74) is 1.46. The lowest BCUT2D eigenvalue weighted by molar-refractivity contribution is -0.145. The summed E-state index contributed by atoms with van der Waals surface area (Å²) in [5.74, 6) is 0.601. The van der Waals surface area contributed by atoms with Crippen molar-refractivity contribution in [3.8, 4) is 0 Å². The van der Waals surface area contributed by atoms with Crippen LogP contribution in [0, 0.1) is 23.2 Å². The molecule has 0 amide bonds. The fraction of sp³-hybridized carbons (Fsp3) is 0.800. The van der Waals surface area contributed by atoms with E-state index < -0.39 is 0 Å². The molecule has 1 N–H and O–H groups in total. The highest BCUT2D eigenvalue weighted by atomic mass is 16.6. The van der Waals surface area contributed by atoms with Gasteiger partial charge in [-0.3, -0.25) is 4.79 Å². The summed E-state index contributed by atoms with van der Waals surface area (Å²) in [6.45, 7) is 6.37. The lowest BCUT2D eigenvalue weighted by atomic mass is 9.59. The highest BCUT2D eigenvalue weighted by Crippen LogP contribution is 2.53. The van der Waals surface area contributed by atoms with E-state index in [1.807, 2.05) is 6.92 Å². The van der Waals surface area contributed by atoms with Crippen LogP contribution in [-0.2, 0) is 9.53 Å². The minimum Gasteiger partial charge on any atom is -0.461 e. The molecule has 2 aliphatic carbocycles. The maximum absolute atomic E-state index is 11.7. The summed E-state index contributed by atoms with van der Waals surface area (Å²) in [4.78, 5) is 11.7. The Morgan fingerprint density at radius 3 is 2.83 bits per heavy atom. The molecule has 0 aromatic heterocycles. The van der Waals surface area contributed by atoms with Crippen molar-refractivity contribution >= 4 is 5.97 Å². The molecule has 0 radical (unpaired) electrons. The fourth-order valence-electron chi connectivity index (χ4n) is 4.31. The Hall–Kier alpha value is -0.830. The molecule has 1 saturated carbocycles. The second kappa shape index (κ2) is 3.83. The zero-order chi connectivity index (χ0) is 13.1.